The molecule has 1 fully saturated rings. The molecule has 1 saturated heterocycles. The lowest BCUT2D eigenvalue weighted by Gasteiger charge is -2.16. The van der Waals surface area contributed by atoms with Crippen molar-refractivity contribution in [1.29, 1.82) is 0 Å². The van der Waals surface area contributed by atoms with E-state index in [9.17, 15) is 14.0 Å². The second-order valence-corrected chi connectivity index (χ2v) is 6.32. The molecular formula is C20H20FNO4. The normalized spacial score (nSPS) is 16.7. The van der Waals surface area contributed by atoms with Gasteiger partial charge in [0.05, 0.1) is 13.0 Å². The number of nitrogens with zero attached hydrogens (tertiary/aromatic N) is 1. The van der Waals surface area contributed by atoms with Gasteiger partial charge >= 0.3 is 5.97 Å². The van der Waals surface area contributed by atoms with E-state index in [-0.39, 0.29) is 31.2 Å². The largest absolute Gasteiger partial charge is 0.494 e. The molecule has 1 amide bonds. The van der Waals surface area contributed by atoms with Crippen LogP contribution in [-0.2, 0) is 20.9 Å². The smallest absolute Gasteiger partial charge is 0.311 e. The zero-order valence-corrected chi connectivity index (χ0v) is 14.7. The molecule has 0 aliphatic carbocycles. The first-order chi connectivity index (χ1) is 12.5. The first-order valence-electron chi connectivity index (χ1n) is 8.34. The number of carbonyl (C=O) groups excluding carboxylic acids is 2. The standard InChI is InChI=1S/C20H20FNO4/c1-13-3-6-16(7-4-13)22-11-15(10-19(22)23)20(24)26-12-14-5-8-18(25-2)17(21)9-14/h3-9,15H,10-12H2,1-2H3/t15-/m1/s1. The monoisotopic (exact) mass is 357 g/mol. The Bertz CT molecular complexity index is 819. The zero-order valence-electron chi connectivity index (χ0n) is 14.7. The summed E-state index contributed by atoms with van der Waals surface area (Å²) in [6.07, 6.45) is 0.115. The Morgan fingerprint density at radius 3 is 2.62 bits per heavy atom. The number of esters is 1. The van der Waals surface area contributed by atoms with Gasteiger partial charge in [-0.3, -0.25) is 9.59 Å². The van der Waals surface area contributed by atoms with Gasteiger partial charge in [0.25, 0.3) is 0 Å². The molecule has 0 N–H and O–H groups in total. The van der Waals surface area contributed by atoms with Crippen molar-refractivity contribution >= 4 is 17.6 Å². The number of halogens is 1. The highest BCUT2D eigenvalue weighted by Crippen LogP contribution is 2.26. The Morgan fingerprint density at radius 2 is 1.96 bits per heavy atom. The van der Waals surface area contributed by atoms with Gasteiger partial charge < -0.3 is 14.4 Å². The number of hydrogen-bond donors (Lipinski definition) is 0. The maximum Gasteiger partial charge on any atom is 0.311 e. The van der Waals surface area contributed by atoms with Gasteiger partial charge in [0, 0.05) is 18.7 Å². The Balaban J connectivity index is 1.59. The highest BCUT2D eigenvalue weighted by molar-refractivity contribution is 5.99. The van der Waals surface area contributed by atoms with Gasteiger partial charge in [-0.1, -0.05) is 23.8 Å². The molecule has 26 heavy (non-hydrogen) atoms. The third-order valence-electron chi connectivity index (χ3n) is 4.40. The molecule has 1 heterocycles. The number of aryl methyl sites for hydroxylation is 1. The molecule has 136 valence electrons. The Morgan fingerprint density at radius 1 is 1.23 bits per heavy atom. The van der Waals surface area contributed by atoms with Crippen LogP contribution in [0.25, 0.3) is 0 Å². The topological polar surface area (TPSA) is 55.8 Å². The lowest BCUT2D eigenvalue weighted by Crippen LogP contribution is -2.26. The molecule has 1 aliphatic heterocycles. The predicted molar refractivity (Wildman–Crippen MR) is 94.4 cm³/mol. The van der Waals surface area contributed by atoms with E-state index < -0.39 is 17.7 Å². The Kier molecular flexibility index (Phi) is 5.21. The molecule has 6 heteroatoms. The molecule has 1 aliphatic rings. The number of hydrogen-bond acceptors (Lipinski definition) is 4. The van der Waals surface area contributed by atoms with Crippen LogP contribution in [0.15, 0.2) is 42.5 Å². The molecule has 0 radical (unpaired) electrons. The third-order valence-corrected chi connectivity index (χ3v) is 4.40. The van der Waals surface area contributed by atoms with Gasteiger partial charge in [-0.2, -0.15) is 0 Å². The molecule has 0 saturated carbocycles. The van der Waals surface area contributed by atoms with Gasteiger partial charge in [-0.25, -0.2) is 4.39 Å². The maximum atomic E-state index is 13.7. The Hall–Kier alpha value is -2.89. The summed E-state index contributed by atoms with van der Waals surface area (Å²) in [4.78, 5) is 26.1. The fourth-order valence-electron chi connectivity index (χ4n) is 2.91. The summed E-state index contributed by atoms with van der Waals surface area (Å²) < 4.78 is 23.8. The van der Waals surface area contributed by atoms with Gasteiger partial charge in [-0.15, -0.1) is 0 Å². The van der Waals surface area contributed by atoms with Crippen LogP contribution in [-0.4, -0.2) is 25.5 Å². The zero-order chi connectivity index (χ0) is 18.7. The van der Waals surface area contributed by atoms with E-state index in [1.54, 1.807) is 11.0 Å². The average Bonchev–Trinajstić information content (AvgIpc) is 3.02. The molecule has 2 aromatic rings. The first-order valence-corrected chi connectivity index (χ1v) is 8.34. The lowest BCUT2D eigenvalue weighted by atomic mass is 10.1. The van der Waals surface area contributed by atoms with Gasteiger partial charge in [0.1, 0.15) is 6.61 Å². The van der Waals surface area contributed by atoms with E-state index in [0.29, 0.717) is 5.56 Å². The number of amides is 1. The summed E-state index contributed by atoms with van der Waals surface area (Å²) in [7, 11) is 1.38. The summed E-state index contributed by atoms with van der Waals surface area (Å²) in [5.74, 6) is -1.46. The van der Waals surface area contributed by atoms with Gasteiger partial charge in [-0.05, 0) is 36.8 Å². The Labute approximate surface area is 151 Å². The average molecular weight is 357 g/mol. The molecule has 1 atom stereocenters. The summed E-state index contributed by atoms with van der Waals surface area (Å²) in [5.41, 5.74) is 2.40. The second kappa shape index (κ2) is 7.56. The number of ether oxygens (including phenoxy) is 2. The summed E-state index contributed by atoms with van der Waals surface area (Å²) in [6.45, 7) is 2.21. The van der Waals surface area contributed by atoms with Crippen molar-refractivity contribution < 1.29 is 23.5 Å². The van der Waals surface area contributed by atoms with Crippen LogP contribution >= 0.6 is 0 Å². The van der Waals surface area contributed by atoms with Crippen LogP contribution < -0.4 is 9.64 Å². The van der Waals surface area contributed by atoms with Crippen molar-refractivity contribution in [1.82, 2.24) is 0 Å². The molecule has 0 spiro atoms. The van der Waals surface area contributed by atoms with E-state index in [2.05, 4.69) is 0 Å². The van der Waals surface area contributed by atoms with Crippen LogP contribution in [0, 0.1) is 18.7 Å². The number of anilines is 1. The summed E-state index contributed by atoms with van der Waals surface area (Å²) >= 11 is 0. The van der Waals surface area contributed by atoms with Crippen molar-refractivity contribution in [2.45, 2.75) is 20.0 Å². The lowest BCUT2D eigenvalue weighted by molar-refractivity contribution is -0.149. The van der Waals surface area contributed by atoms with Crippen LogP contribution in [0.1, 0.15) is 17.5 Å². The van der Waals surface area contributed by atoms with Crippen molar-refractivity contribution in [3.63, 3.8) is 0 Å². The number of methoxy groups -OCH3 is 1. The molecule has 3 rings (SSSR count). The minimum Gasteiger partial charge on any atom is -0.494 e. The summed E-state index contributed by atoms with van der Waals surface area (Å²) in [5, 5.41) is 0. The quantitative estimate of drug-likeness (QED) is 0.771. The van der Waals surface area contributed by atoms with Gasteiger partial charge in [0.2, 0.25) is 5.91 Å². The number of benzene rings is 2. The first kappa shape index (κ1) is 17.9. The minimum atomic E-state index is -0.521. The molecular weight excluding hydrogens is 337 g/mol. The van der Waals surface area contributed by atoms with E-state index in [1.807, 2.05) is 31.2 Å². The fraction of sp³-hybridized carbons (Fsp3) is 0.300. The van der Waals surface area contributed by atoms with E-state index in [1.165, 1.54) is 19.2 Å². The van der Waals surface area contributed by atoms with E-state index in [4.69, 9.17) is 9.47 Å². The maximum absolute atomic E-state index is 13.7. The van der Waals surface area contributed by atoms with Crippen molar-refractivity contribution in [2.24, 2.45) is 5.92 Å². The van der Waals surface area contributed by atoms with Crippen LogP contribution in [0.5, 0.6) is 5.75 Å². The predicted octanol–water partition coefficient (Wildman–Crippen LogP) is 3.24. The van der Waals surface area contributed by atoms with Crippen LogP contribution in [0.2, 0.25) is 0 Å². The minimum absolute atomic E-state index is 0.0467. The fourth-order valence-corrected chi connectivity index (χ4v) is 2.91. The highest BCUT2D eigenvalue weighted by Gasteiger charge is 2.36. The van der Waals surface area contributed by atoms with Crippen molar-refractivity contribution in [2.75, 3.05) is 18.6 Å². The third kappa shape index (κ3) is 3.85. The molecule has 0 unspecified atom stereocenters. The molecule has 5 nitrogen and oxygen atoms in total. The number of carbonyl (C=O) groups is 2. The van der Waals surface area contributed by atoms with Crippen LogP contribution in [0.3, 0.4) is 0 Å². The van der Waals surface area contributed by atoms with Crippen molar-refractivity contribution in [3.8, 4) is 5.75 Å². The van der Waals surface area contributed by atoms with E-state index >= 15 is 0 Å². The van der Waals surface area contributed by atoms with E-state index in [0.717, 1.165) is 11.3 Å². The van der Waals surface area contributed by atoms with Crippen LogP contribution in [0.4, 0.5) is 10.1 Å². The number of rotatable bonds is 5. The molecule has 0 aromatic heterocycles. The SMILES string of the molecule is COc1ccc(COC(=O)[C@@H]2CC(=O)N(c3ccc(C)cc3)C2)cc1F. The molecule has 0 bridgehead atoms. The summed E-state index contributed by atoms with van der Waals surface area (Å²) in [6, 6.07) is 12.0. The molecule has 2 aromatic carbocycles. The van der Waals surface area contributed by atoms with Crippen molar-refractivity contribution in [3.05, 3.63) is 59.4 Å². The second-order valence-electron chi connectivity index (χ2n) is 6.32. The van der Waals surface area contributed by atoms with Gasteiger partial charge in [0.15, 0.2) is 11.6 Å². The highest BCUT2D eigenvalue weighted by atomic mass is 19.1.